The molecule has 0 aromatic heterocycles. The minimum absolute atomic E-state index is 0.0823. The third-order valence-corrected chi connectivity index (χ3v) is 4.24. The van der Waals surface area contributed by atoms with Crippen molar-refractivity contribution in [2.75, 3.05) is 18.2 Å². The Morgan fingerprint density at radius 2 is 1.84 bits per heavy atom. The second kappa shape index (κ2) is 9.08. The Morgan fingerprint density at radius 3 is 2.48 bits per heavy atom. The number of ether oxygens (including phenoxy) is 2. The van der Waals surface area contributed by atoms with E-state index in [0.29, 0.717) is 16.3 Å². The van der Waals surface area contributed by atoms with Crippen LogP contribution in [0.2, 0.25) is 0 Å². The van der Waals surface area contributed by atoms with E-state index < -0.39 is 23.8 Å². The van der Waals surface area contributed by atoms with E-state index in [1.165, 1.54) is 13.0 Å². The van der Waals surface area contributed by atoms with Crippen molar-refractivity contribution in [2.45, 2.75) is 17.9 Å². The quantitative estimate of drug-likeness (QED) is 0.603. The molecule has 2 rings (SSSR count). The first-order valence-corrected chi connectivity index (χ1v) is 8.50. The van der Waals surface area contributed by atoms with Crippen LogP contribution in [0.1, 0.15) is 6.92 Å². The molecule has 0 fully saturated rings. The standard InChI is InChI=1S/C18H18FNO4S/c1-12(18(22)20-13-7-9-14(23-2)10-8-13)24-17(21)11-25-16-6-4-3-5-15(16)19/h3-10,12H,11H2,1-2H3,(H,20,22)/t12-/m0/s1. The van der Waals surface area contributed by atoms with Gasteiger partial charge in [-0.25, -0.2) is 4.39 Å². The molecule has 0 radical (unpaired) electrons. The van der Waals surface area contributed by atoms with Crippen LogP contribution in [0, 0.1) is 5.82 Å². The second-order valence-electron chi connectivity index (χ2n) is 5.07. The van der Waals surface area contributed by atoms with Crippen LogP contribution in [0.25, 0.3) is 0 Å². The highest BCUT2D eigenvalue weighted by Crippen LogP contribution is 2.21. The fourth-order valence-corrected chi connectivity index (χ4v) is 2.62. The number of benzene rings is 2. The molecular formula is C18H18FNO4S. The van der Waals surface area contributed by atoms with Gasteiger partial charge < -0.3 is 14.8 Å². The number of amides is 1. The summed E-state index contributed by atoms with van der Waals surface area (Å²) >= 11 is 1.02. The minimum Gasteiger partial charge on any atom is -0.497 e. The van der Waals surface area contributed by atoms with Crippen molar-refractivity contribution in [2.24, 2.45) is 0 Å². The second-order valence-corrected chi connectivity index (χ2v) is 6.09. The highest BCUT2D eigenvalue weighted by Gasteiger charge is 2.18. The zero-order chi connectivity index (χ0) is 18.2. The molecule has 0 bridgehead atoms. The molecule has 7 heteroatoms. The first-order chi connectivity index (χ1) is 12.0. The van der Waals surface area contributed by atoms with Crippen LogP contribution in [-0.4, -0.2) is 30.8 Å². The number of carbonyl (C=O) groups excluding carboxylic acids is 2. The monoisotopic (exact) mass is 363 g/mol. The molecule has 1 amide bonds. The highest BCUT2D eigenvalue weighted by atomic mass is 32.2. The van der Waals surface area contributed by atoms with Crippen LogP contribution >= 0.6 is 11.8 Å². The van der Waals surface area contributed by atoms with Gasteiger partial charge in [-0.15, -0.1) is 11.8 Å². The maximum atomic E-state index is 13.5. The van der Waals surface area contributed by atoms with Crippen molar-refractivity contribution in [3.05, 3.63) is 54.3 Å². The third kappa shape index (κ3) is 5.79. The van der Waals surface area contributed by atoms with Gasteiger partial charge in [-0.05, 0) is 43.3 Å². The zero-order valence-electron chi connectivity index (χ0n) is 13.8. The first kappa shape index (κ1) is 18.8. The van der Waals surface area contributed by atoms with E-state index in [-0.39, 0.29) is 5.75 Å². The maximum Gasteiger partial charge on any atom is 0.317 e. The normalized spacial score (nSPS) is 11.5. The smallest absolute Gasteiger partial charge is 0.317 e. The van der Waals surface area contributed by atoms with Gasteiger partial charge in [0, 0.05) is 10.6 Å². The van der Waals surface area contributed by atoms with Gasteiger partial charge in [-0.3, -0.25) is 9.59 Å². The number of halogens is 1. The molecule has 2 aromatic carbocycles. The van der Waals surface area contributed by atoms with Crippen molar-refractivity contribution in [1.82, 2.24) is 0 Å². The molecule has 2 aromatic rings. The third-order valence-electron chi connectivity index (χ3n) is 3.22. The van der Waals surface area contributed by atoms with Gasteiger partial charge in [-0.2, -0.15) is 0 Å². The summed E-state index contributed by atoms with van der Waals surface area (Å²) in [6, 6.07) is 12.9. The van der Waals surface area contributed by atoms with E-state index in [1.807, 2.05) is 0 Å². The summed E-state index contributed by atoms with van der Waals surface area (Å²) in [5, 5.41) is 2.64. The largest absolute Gasteiger partial charge is 0.497 e. The summed E-state index contributed by atoms with van der Waals surface area (Å²) in [6.07, 6.45) is -0.962. The predicted octanol–water partition coefficient (Wildman–Crippen LogP) is 3.50. The van der Waals surface area contributed by atoms with E-state index >= 15 is 0 Å². The van der Waals surface area contributed by atoms with Gasteiger partial charge in [0.15, 0.2) is 6.10 Å². The molecule has 0 aliphatic heterocycles. The van der Waals surface area contributed by atoms with Gasteiger partial charge in [0.2, 0.25) is 0 Å². The molecule has 0 saturated heterocycles. The molecule has 1 atom stereocenters. The van der Waals surface area contributed by atoms with Gasteiger partial charge in [-0.1, -0.05) is 12.1 Å². The molecule has 25 heavy (non-hydrogen) atoms. The van der Waals surface area contributed by atoms with E-state index in [4.69, 9.17) is 9.47 Å². The lowest BCUT2D eigenvalue weighted by molar-refractivity contribution is -0.150. The fourth-order valence-electron chi connectivity index (χ4n) is 1.90. The van der Waals surface area contributed by atoms with E-state index in [1.54, 1.807) is 49.6 Å². The zero-order valence-corrected chi connectivity index (χ0v) is 14.6. The highest BCUT2D eigenvalue weighted by molar-refractivity contribution is 8.00. The van der Waals surface area contributed by atoms with Crippen LogP contribution in [0.15, 0.2) is 53.4 Å². The number of rotatable bonds is 7. The van der Waals surface area contributed by atoms with Crippen molar-refractivity contribution in [3.63, 3.8) is 0 Å². The Morgan fingerprint density at radius 1 is 1.16 bits per heavy atom. The molecule has 0 unspecified atom stereocenters. The number of hydrogen-bond donors (Lipinski definition) is 1. The summed E-state index contributed by atoms with van der Waals surface area (Å²) in [7, 11) is 1.55. The Bertz CT molecular complexity index is 736. The number of thioether (sulfide) groups is 1. The number of methoxy groups -OCH3 is 1. The molecule has 0 aliphatic carbocycles. The van der Waals surface area contributed by atoms with E-state index in [2.05, 4.69) is 5.32 Å². The number of nitrogens with one attached hydrogen (secondary N) is 1. The SMILES string of the molecule is COc1ccc(NC(=O)[C@H](C)OC(=O)CSc2ccccc2F)cc1. The topological polar surface area (TPSA) is 64.6 Å². The maximum absolute atomic E-state index is 13.5. The summed E-state index contributed by atoms with van der Waals surface area (Å²) < 4.78 is 23.6. The Kier molecular flexibility index (Phi) is 6.82. The van der Waals surface area contributed by atoms with Crippen molar-refractivity contribution in [3.8, 4) is 5.75 Å². The molecule has 5 nitrogen and oxygen atoms in total. The Hall–Kier alpha value is -2.54. The van der Waals surface area contributed by atoms with Crippen molar-refractivity contribution in [1.29, 1.82) is 0 Å². The van der Waals surface area contributed by atoms with Crippen LogP contribution < -0.4 is 10.1 Å². The Balaban J connectivity index is 1.81. The molecule has 132 valence electrons. The predicted molar refractivity (Wildman–Crippen MR) is 94.3 cm³/mol. The number of carbonyl (C=O) groups is 2. The molecule has 1 N–H and O–H groups in total. The molecule has 0 spiro atoms. The molecule has 0 heterocycles. The van der Waals surface area contributed by atoms with Crippen LogP contribution in [-0.2, 0) is 14.3 Å². The first-order valence-electron chi connectivity index (χ1n) is 7.51. The van der Waals surface area contributed by atoms with Crippen LogP contribution in [0.5, 0.6) is 5.75 Å². The van der Waals surface area contributed by atoms with E-state index in [9.17, 15) is 14.0 Å². The average Bonchev–Trinajstić information content (AvgIpc) is 2.61. The fraction of sp³-hybridized carbons (Fsp3) is 0.222. The summed E-state index contributed by atoms with van der Waals surface area (Å²) in [5.74, 6) is -0.852. The number of esters is 1. The average molecular weight is 363 g/mol. The summed E-state index contributed by atoms with van der Waals surface area (Å²) in [4.78, 5) is 24.2. The van der Waals surface area contributed by atoms with E-state index in [0.717, 1.165) is 11.8 Å². The van der Waals surface area contributed by atoms with Gasteiger partial charge in [0.1, 0.15) is 11.6 Å². The van der Waals surface area contributed by atoms with Gasteiger partial charge in [0.25, 0.3) is 5.91 Å². The molecule has 0 aliphatic rings. The van der Waals surface area contributed by atoms with Gasteiger partial charge in [0.05, 0.1) is 12.9 Å². The molecule has 0 saturated carbocycles. The van der Waals surface area contributed by atoms with Gasteiger partial charge >= 0.3 is 5.97 Å². The minimum atomic E-state index is -0.962. The lowest BCUT2D eigenvalue weighted by atomic mass is 10.3. The lowest BCUT2D eigenvalue weighted by Gasteiger charge is -2.13. The number of anilines is 1. The van der Waals surface area contributed by atoms with Crippen LogP contribution in [0.3, 0.4) is 0 Å². The van der Waals surface area contributed by atoms with Crippen LogP contribution in [0.4, 0.5) is 10.1 Å². The molecular weight excluding hydrogens is 345 g/mol. The van der Waals surface area contributed by atoms with Crippen molar-refractivity contribution < 1.29 is 23.5 Å². The lowest BCUT2D eigenvalue weighted by Crippen LogP contribution is -2.30. The van der Waals surface area contributed by atoms with Crippen molar-refractivity contribution >= 4 is 29.3 Å². The Labute approximate surface area is 149 Å². The summed E-state index contributed by atoms with van der Waals surface area (Å²) in [5.41, 5.74) is 0.564. The number of hydrogen-bond acceptors (Lipinski definition) is 5. The summed E-state index contributed by atoms with van der Waals surface area (Å²) in [6.45, 7) is 1.48.